The Morgan fingerprint density at radius 3 is 2.72 bits per heavy atom. The van der Waals surface area contributed by atoms with Crippen molar-refractivity contribution in [1.29, 1.82) is 0 Å². The largest absolute Gasteiger partial charge is 0.480 e. The first-order valence-electron chi connectivity index (χ1n) is 5.37. The van der Waals surface area contributed by atoms with E-state index in [4.69, 9.17) is 5.11 Å². The number of hydrogen-bond acceptors (Lipinski definition) is 4. The van der Waals surface area contributed by atoms with Crippen LogP contribution in [0.5, 0.6) is 0 Å². The van der Waals surface area contributed by atoms with Crippen LogP contribution in [0.3, 0.4) is 0 Å². The molecule has 0 spiro atoms. The number of aliphatic carboxylic acids is 1. The standard InChI is InChI=1S/C10H13F3N2O2S/c1-2-3-4-6(8(16)17)15-9-14-5-7(18-9)10(11,12)13/h5-6H,2-4H2,1H3,(H,14,15)(H,16,17)/t6-/m0/s1. The van der Waals surface area contributed by atoms with E-state index in [1.807, 2.05) is 6.92 Å². The van der Waals surface area contributed by atoms with E-state index in [-0.39, 0.29) is 5.13 Å². The van der Waals surface area contributed by atoms with Gasteiger partial charge in [0, 0.05) is 0 Å². The molecule has 0 saturated carbocycles. The minimum Gasteiger partial charge on any atom is -0.480 e. The van der Waals surface area contributed by atoms with Crippen molar-refractivity contribution in [2.45, 2.75) is 38.4 Å². The number of alkyl halides is 3. The van der Waals surface area contributed by atoms with Crippen LogP contribution in [0.15, 0.2) is 6.20 Å². The molecule has 8 heteroatoms. The number of nitrogens with one attached hydrogen (secondary N) is 1. The van der Waals surface area contributed by atoms with Crippen molar-refractivity contribution in [1.82, 2.24) is 4.98 Å². The van der Waals surface area contributed by atoms with E-state index in [2.05, 4.69) is 10.3 Å². The summed E-state index contributed by atoms with van der Waals surface area (Å²) in [5, 5.41) is 11.4. The minimum absolute atomic E-state index is 0.0224. The number of carboxylic acids is 1. The summed E-state index contributed by atoms with van der Waals surface area (Å²) in [7, 11) is 0. The predicted molar refractivity (Wildman–Crippen MR) is 61.7 cm³/mol. The highest BCUT2D eigenvalue weighted by Crippen LogP contribution is 2.35. The Morgan fingerprint density at radius 1 is 1.61 bits per heavy atom. The fourth-order valence-corrected chi connectivity index (χ4v) is 2.02. The van der Waals surface area contributed by atoms with Crippen LogP contribution in [0.4, 0.5) is 18.3 Å². The van der Waals surface area contributed by atoms with Crippen molar-refractivity contribution in [3.05, 3.63) is 11.1 Å². The van der Waals surface area contributed by atoms with Crippen molar-refractivity contribution in [3.8, 4) is 0 Å². The van der Waals surface area contributed by atoms with E-state index < -0.39 is 23.1 Å². The third-order valence-corrected chi connectivity index (χ3v) is 3.20. The summed E-state index contributed by atoms with van der Waals surface area (Å²) in [5.74, 6) is -1.09. The zero-order chi connectivity index (χ0) is 13.8. The van der Waals surface area contributed by atoms with Crippen LogP contribution in [0.2, 0.25) is 0 Å². The smallest absolute Gasteiger partial charge is 0.427 e. The molecule has 0 fully saturated rings. The number of nitrogens with zero attached hydrogens (tertiary/aromatic N) is 1. The van der Waals surface area contributed by atoms with Gasteiger partial charge in [-0.3, -0.25) is 0 Å². The average Bonchev–Trinajstić information content (AvgIpc) is 2.71. The van der Waals surface area contributed by atoms with E-state index in [1.54, 1.807) is 0 Å². The monoisotopic (exact) mass is 282 g/mol. The summed E-state index contributed by atoms with van der Waals surface area (Å²) >= 11 is 0.408. The second-order valence-electron chi connectivity index (χ2n) is 3.70. The van der Waals surface area contributed by atoms with Crippen molar-refractivity contribution < 1.29 is 23.1 Å². The van der Waals surface area contributed by atoms with Gasteiger partial charge in [-0.05, 0) is 6.42 Å². The average molecular weight is 282 g/mol. The number of anilines is 1. The van der Waals surface area contributed by atoms with Crippen LogP contribution in [0, 0.1) is 0 Å². The van der Waals surface area contributed by atoms with Gasteiger partial charge in [-0.25, -0.2) is 9.78 Å². The summed E-state index contributed by atoms with van der Waals surface area (Å²) in [6.07, 6.45) is -1.89. The molecule has 1 atom stereocenters. The van der Waals surface area contributed by atoms with Gasteiger partial charge in [0.2, 0.25) is 0 Å². The number of thiazole rings is 1. The maximum Gasteiger partial charge on any atom is 0.427 e. The molecule has 18 heavy (non-hydrogen) atoms. The van der Waals surface area contributed by atoms with E-state index in [0.29, 0.717) is 30.4 Å². The Balaban J connectivity index is 2.69. The molecule has 0 bridgehead atoms. The number of halogens is 3. The molecule has 102 valence electrons. The Kier molecular flexibility index (Phi) is 4.94. The first kappa shape index (κ1) is 14.7. The first-order chi connectivity index (χ1) is 8.34. The van der Waals surface area contributed by atoms with Gasteiger partial charge >= 0.3 is 12.1 Å². The molecular weight excluding hydrogens is 269 g/mol. The number of hydrogen-bond donors (Lipinski definition) is 2. The third kappa shape index (κ3) is 4.17. The van der Waals surface area contributed by atoms with Gasteiger partial charge in [0.05, 0.1) is 6.20 Å². The van der Waals surface area contributed by atoms with E-state index in [1.165, 1.54) is 0 Å². The molecule has 0 radical (unpaired) electrons. The fourth-order valence-electron chi connectivity index (χ4n) is 1.29. The first-order valence-corrected chi connectivity index (χ1v) is 6.18. The molecule has 0 aliphatic carbocycles. The topological polar surface area (TPSA) is 62.2 Å². The van der Waals surface area contributed by atoms with Gasteiger partial charge in [0.1, 0.15) is 10.9 Å². The van der Waals surface area contributed by atoms with Crippen LogP contribution in [-0.4, -0.2) is 22.1 Å². The highest BCUT2D eigenvalue weighted by molar-refractivity contribution is 7.15. The fraction of sp³-hybridized carbons (Fsp3) is 0.600. The Labute approximate surface area is 106 Å². The molecule has 1 aromatic heterocycles. The summed E-state index contributed by atoms with van der Waals surface area (Å²) in [5.41, 5.74) is 0. The maximum atomic E-state index is 12.3. The summed E-state index contributed by atoms with van der Waals surface area (Å²) < 4.78 is 37.0. The number of rotatable bonds is 6. The van der Waals surface area contributed by atoms with Gasteiger partial charge in [-0.1, -0.05) is 31.1 Å². The molecule has 1 heterocycles. The van der Waals surface area contributed by atoms with Crippen LogP contribution in [0.1, 0.15) is 31.1 Å². The van der Waals surface area contributed by atoms with Gasteiger partial charge in [-0.15, -0.1) is 0 Å². The maximum absolute atomic E-state index is 12.3. The van der Waals surface area contributed by atoms with Gasteiger partial charge in [0.25, 0.3) is 0 Å². The number of carbonyl (C=O) groups is 1. The van der Waals surface area contributed by atoms with Gasteiger partial charge in [0.15, 0.2) is 5.13 Å². The lowest BCUT2D eigenvalue weighted by Gasteiger charge is -2.12. The quantitative estimate of drug-likeness (QED) is 0.841. The summed E-state index contributed by atoms with van der Waals surface area (Å²) in [6.45, 7) is 1.91. The molecule has 4 nitrogen and oxygen atoms in total. The normalized spacial score (nSPS) is 13.3. The molecule has 2 N–H and O–H groups in total. The number of carboxylic acid groups (broad SMARTS) is 1. The molecule has 0 aliphatic rings. The molecule has 0 aliphatic heterocycles. The Hall–Kier alpha value is -1.31. The van der Waals surface area contributed by atoms with E-state index in [0.717, 1.165) is 6.42 Å². The second kappa shape index (κ2) is 6.03. The molecule has 0 saturated heterocycles. The minimum atomic E-state index is -4.44. The van der Waals surface area contributed by atoms with Crippen LogP contribution in [0.25, 0.3) is 0 Å². The van der Waals surface area contributed by atoms with Crippen molar-refractivity contribution in [2.75, 3.05) is 5.32 Å². The highest BCUT2D eigenvalue weighted by Gasteiger charge is 2.33. The number of aromatic nitrogens is 1. The molecule has 0 amide bonds. The summed E-state index contributed by atoms with van der Waals surface area (Å²) in [6, 6.07) is -0.905. The van der Waals surface area contributed by atoms with Gasteiger partial charge in [-0.2, -0.15) is 13.2 Å². The zero-order valence-electron chi connectivity index (χ0n) is 9.62. The highest BCUT2D eigenvalue weighted by atomic mass is 32.1. The van der Waals surface area contributed by atoms with E-state index >= 15 is 0 Å². The third-order valence-electron chi connectivity index (χ3n) is 2.23. The van der Waals surface area contributed by atoms with Crippen LogP contribution in [-0.2, 0) is 11.0 Å². The van der Waals surface area contributed by atoms with Crippen LogP contribution >= 0.6 is 11.3 Å². The SMILES string of the molecule is CCCC[C@H](Nc1ncc(C(F)(F)F)s1)C(=O)O. The lowest BCUT2D eigenvalue weighted by atomic mass is 10.1. The lowest BCUT2D eigenvalue weighted by molar-refractivity contribution is -0.138. The predicted octanol–water partition coefficient (Wildman–Crippen LogP) is 3.22. The van der Waals surface area contributed by atoms with E-state index in [9.17, 15) is 18.0 Å². The van der Waals surface area contributed by atoms with Crippen molar-refractivity contribution >= 4 is 22.4 Å². The Bertz CT molecular complexity index is 406. The Morgan fingerprint density at radius 2 is 2.28 bits per heavy atom. The molecule has 0 aromatic carbocycles. The molecule has 0 unspecified atom stereocenters. The summed E-state index contributed by atoms with van der Waals surface area (Å²) in [4.78, 5) is 13.6. The van der Waals surface area contributed by atoms with Crippen LogP contribution < -0.4 is 5.32 Å². The number of unbranched alkanes of at least 4 members (excludes halogenated alkanes) is 1. The molecular formula is C10H13F3N2O2S. The molecule has 1 aromatic rings. The zero-order valence-corrected chi connectivity index (χ0v) is 10.4. The van der Waals surface area contributed by atoms with Gasteiger partial charge < -0.3 is 10.4 Å². The van der Waals surface area contributed by atoms with Crippen molar-refractivity contribution in [2.24, 2.45) is 0 Å². The second-order valence-corrected chi connectivity index (χ2v) is 4.74. The van der Waals surface area contributed by atoms with Crippen molar-refractivity contribution in [3.63, 3.8) is 0 Å². The lowest BCUT2D eigenvalue weighted by Crippen LogP contribution is -2.28. The molecule has 1 rings (SSSR count).